The van der Waals surface area contributed by atoms with E-state index in [1.54, 1.807) is 0 Å². The minimum absolute atomic E-state index is 0.00272. The predicted octanol–water partition coefficient (Wildman–Crippen LogP) is 0.918. The lowest BCUT2D eigenvalue weighted by Gasteiger charge is -2.08. The molecule has 0 radical (unpaired) electrons. The molecular weight excluding hydrogens is 252 g/mol. The number of nitrogens with one attached hydrogen (secondary N) is 2. The molecule has 0 spiro atoms. The average Bonchev–Trinajstić information content (AvgIpc) is 2.87. The van der Waals surface area contributed by atoms with Gasteiger partial charge in [0, 0.05) is 6.54 Å². The van der Waals surface area contributed by atoms with E-state index in [1.165, 1.54) is 18.4 Å². The molecule has 0 unspecified atom stereocenters. The SMILES string of the molecule is CC(C)CNC(=O)NC(=O)COC(=O)c1ccco1. The van der Waals surface area contributed by atoms with Gasteiger partial charge in [-0.2, -0.15) is 0 Å². The Hall–Kier alpha value is -2.31. The van der Waals surface area contributed by atoms with Crippen LogP contribution in [0.2, 0.25) is 0 Å². The van der Waals surface area contributed by atoms with E-state index in [-0.39, 0.29) is 11.7 Å². The van der Waals surface area contributed by atoms with Gasteiger partial charge in [-0.15, -0.1) is 0 Å². The van der Waals surface area contributed by atoms with Gasteiger partial charge in [-0.05, 0) is 18.1 Å². The molecule has 0 aromatic carbocycles. The predicted molar refractivity (Wildman–Crippen MR) is 65.4 cm³/mol. The molecule has 0 saturated heterocycles. The fourth-order valence-electron chi connectivity index (χ4n) is 1.10. The van der Waals surface area contributed by atoms with Gasteiger partial charge in [-0.25, -0.2) is 9.59 Å². The van der Waals surface area contributed by atoms with Crippen molar-refractivity contribution in [2.24, 2.45) is 5.92 Å². The van der Waals surface area contributed by atoms with Crippen LogP contribution in [0.15, 0.2) is 22.8 Å². The molecule has 0 aliphatic carbocycles. The second kappa shape index (κ2) is 7.20. The van der Waals surface area contributed by atoms with Gasteiger partial charge in [0.2, 0.25) is 5.76 Å². The monoisotopic (exact) mass is 268 g/mol. The Morgan fingerprint density at radius 1 is 1.37 bits per heavy atom. The lowest BCUT2D eigenvalue weighted by molar-refractivity contribution is -0.123. The summed E-state index contributed by atoms with van der Waals surface area (Å²) in [4.78, 5) is 33.8. The van der Waals surface area contributed by atoms with E-state index in [0.717, 1.165) is 0 Å². The third-order valence-corrected chi connectivity index (χ3v) is 1.98. The second-order valence-electron chi connectivity index (χ2n) is 4.21. The van der Waals surface area contributed by atoms with E-state index in [4.69, 9.17) is 4.42 Å². The van der Waals surface area contributed by atoms with E-state index >= 15 is 0 Å². The van der Waals surface area contributed by atoms with Crippen molar-refractivity contribution in [1.29, 1.82) is 0 Å². The first-order valence-electron chi connectivity index (χ1n) is 5.77. The van der Waals surface area contributed by atoms with Crippen LogP contribution in [0.3, 0.4) is 0 Å². The fourth-order valence-corrected chi connectivity index (χ4v) is 1.10. The Morgan fingerprint density at radius 2 is 2.11 bits per heavy atom. The smallest absolute Gasteiger partial charge is 0.374 e. The van der Waals surface area contributed by atoms with Crippen molar-refractivity contribution in [1.82, 2.24) is 10.6 Å². The fraction of sp³-hybridized carbons (Fsp3) is 0.417. The molecule has 1 heterocycles. The molecule has 0 aliphatic heterocycles. The molecule has 7 heteroatoms. The maximum absolute atomic E-state index is 11.3. The van der Waals surface area contributed by atoms with Gasteiger partial charge in [-0.3, -0.25) is 10.1 Å². The highest BCUT2D eigenvalue weighted by Gasteiger charge is 2.14. The Morgan fingerprint density at radius 3 is 2.68 bits per heavy atom. The standard InChI is InChI=1S/C12H16N2O5/c1-8(2)6-13-12(17)14-10(15)7-19-11(16)9-4-3-5-18-9/h3-5,8H,6-7H2,1-2H3,(H2,13,14,15,17). The first-order valence-corrected chi connectivity index (χ1v) is 5.77. The van der Waals surface area contributed by atoms with Crippen LogP contribution in [0.1, 0.15) is 24.4 Å². The Labute approximate surface area is 110 Å². The average molecular weight is 268 g/mol. The molecule has 7 nitrogen and oxygen atoms in total. The number of esters is 1. The highest BCUT2D eigenvalue weighted by Crippen LogP contribution is 2.01. The van der Waals surface area contributed by atoms with Crippen LogP contribution < -0.4 is 10.6 Å². The normalized spacial score (nSPS) is 10.1. The van der Waals surface area contributed by atoms with E-state index in [0.29, 0.717) is 6.54 Å². The number of urea groups is 1. The molecule has 19 heavy (non-hydrogen) atoms. The first kappa shape index (κ1) is 14.7. The van der Waals surface area contributed by atoms with Gasteiger partial charge in [0.1, 0.15) is 0 Å². The van der Waals surface area contributed by atoms with Crippen LogP contribution in [0.4, 0.5) is 4.79 Å². The summed E-state index contributed by atoms with van der Waals surface area (Å²) >= 11 is 0. The first-order chi connectivity index (χ1) is 8.99. The lowest BCUT2D eigenvalue weighted by Crippen LogP contribution is -2.42. The Kier molecular flexibility index (Phi) is 5.59. The Bertz CT molecular complexity index is 439. The Balaban J connectivity index is 2.24. The highest BCUT2D eigenvalue weighted by molar-refractivity contribution is 5.96. The minimum atomic E-state index is -0.761. The summed E-state index contributed by atoms with van der Waals surface area (Å²) in [7, 11) is 0. The molecule has 3 amide bonds. The lowest BCUT2D eigenvalue weighted by atomic mass is 10.2. The molecule has 0 fully saturated rings. The molecule has 0 aliphatic rings. The molecule has 1 aromatic rings. The van der Waals surface area contributed by atoms with Crippen molar-refractivity contribution in [3.05, 3.63) is 24.2 Å². The van der Waals surface area contributed by atoms with Crippen LogP contribution in [-0.2, 0) is 9.53 Å². The molecule has 0 saturated carbocycles. The maximum atomic E-state index is 11.3. The largest absolute Gasteiger partial charge is 0.457 e. The zero-order valence-electron chi connectivity index (χ0n) is 10.8. The molecule has 0 atom stereocenters. The van der Waals surface area contributed by atoms with Crippen LogP contribution in [0.5, 0.6) is 0 Å². The van der Waals surface area contributed by atoms with Gasteiger partial charge in [0.05, 0.1) is 6.26 Å². The van der Waals surface area contributed by atoms with E-state index < -0.39 is 24.5 Å². The summed E-state index contributed by atoms with van der Waals surface area (Å²) in [6.07, 6.45) is 1.32. The maximum Gasteiger partial charge on any atom is 0.374 e. The van der Waals surface area contributed by atoms with Crippen molar-refractivity contribution >= 4 is 17.9 Å². The van der Waals surface area contributed by atoms with Crippen LogP contribution in [0, 0.1) is 5.92 Å². The number of amides is 3. The van der Waals surface area contributed by atoms with Crippen molar-refractivity contribution < 1.29 is 23.5 Å². The van der Waals surface area contributed by atoms with E-state index in [1.807, 2.05) is 19.2 Å². The number of rotatable bonds is 5. The summed E-state index contributed by atoms with van der Waals surface area (Å²) in [6, 6.07) is 2.32. The number of ether oxygens (including phenoxy) is 1. The number of carbonyl (C=O) groups excluding carboxylic acids is 3. The second-order valence-corrected chi connectivity index (χ2v) is 4.21. The van der Waals surface area contributed by atoms with Gasteiger partial charge < -0.3 is 14.5 Å². The van der Waals surface area contributed by atoms with Gasteiger partial charge >= 0.3 is 12.0 Å². The number of hydrogen-bond acceptors (Lipinski definition) is 5. The van der Waals surface area contributed by atoms with Crippen molar-refractivity contribution in [3.8, 4) is 0 Å². The van der Waals surface area contributed by atoms with E-state index in [9.17, 15) is 14.4 Å². The number of hydrogen-bond donors (Lipinski definition) is 2. The van der Waals surface area contributed by atoms with Crippen molar-refractivity contribution in [2.45, 2.75) is 13.8 Å². The number of furan rings is 1. The summed E-state index contributed by atoms with van der Waals surface area (Å²) in [5.41, 5.74) is 0. The summed E-state index contributed by atoms with van der Waals surface area (Å²) in [5, 5.41) is 4.54. The molecule has 104 valence electrons. The van der Waals surface area contributed by atoms with Gasteiger partial charge in [0.25, 0.3) is 5.91 Å². The summed E-state index contributed by atoms with van der Waals surface area (Å²) < 4.78 is 9.44. The molecule has 1 aromatic heterocycles. The van der Waals surface area contributed by atoms with Crippen molar-refractivity contribution in [3.63, 3.8) is 0 Å². The minimum Gasteiger partial charge on any atom is -0.457 e. The third-order valence-electron chi connectivity index (χ3n) is 1.98. The number of carbonyl (C=O) groups is 3. The zero-order chi connectivity index (χ0) is 14.3. The molecule has 0 bridgehead atoms. The summed E-state index contributed by atoms with van der Waals surface area (Å²) in [6.45, 7) is 3.75. The quantitative estimate of drug-likeness (QED) is 0.774. The van der Waals surface area contributed by atoms with Crippen LogP contribution >= 0.6 is 0 Å². The zero-order valence-corrected chi connectivity index (χ0v) is 10.8. The molecule has 2 N–H and O–H groups in total. The molecule has 1 rings (SSSR count). The van der Waals surface area contributed by atoms with Gasteiger partial charge in [-0.1, -0.05) is 13.8 Å². The van der Waals surface area contributed by atoms with Crippen molar-refractivity contribution in [2.75, 3.05) is 13.2 Å². The van der Waals surface area contributed by atoms with Gasteiger partial charge in [0.15, 0.2) is 6.61 Å². The highest BCUT2D eigenvalue weighted by atomic mass is 16.5. The van der Waals surface area contributed by atoms with E-state index in [2.05, 4.69) is 10.1 Å². The molecular formula is C12H16N2O5. The third kappa shape index (κ3) is 5.71. The van der Waals surface area contributed by atoms with Crippen LogP contribution in [0.25, 0.3) is 0 Å². The summed E-state index contributed by atoms with van der Waals surface area (Å²) in [5.74, 6) is -1.20. The number of imide groups is 1. The van der Waals surface area contributed by atoms with Crippen LogP contribution in [-0.4, -0.2) is 31.1 Å². The topological polar surface area (TPSA) is 97.6 Å².